The molecule has 1 aliphatic heterocycles. The van der Waals surface area contributed by atoms with Crippen LogP contribution in [0, 0.1) is 12.7 Å². The third-order valence-corrected chi connectivity index (χ3v) is 4.69. The van der Waals surface area contributed by atoms with Crippen LogP contribution in [0.4, 0.5) is 4.39 Å². The quantitative estimate of drug-likeness (QED) is 0.767. The van der Waals surface area contributed by atoms with Crippen LogP contribution in [0.3, 0.4) is 0 Å². The van der Waals surface area contributed by atoms with E-state index >= 15 is 0 Å². The van der Waals surface area contributed by atoms with Gasteiger partial charge in [0.25, 0.3) is 5.91 Å². The third-order valence-electron chi connectivity index (χ3n) is 4.69. The van der Waals surface area contributed by atoms with Crippen molar-refractivity contribution in [3.8, 4) is 11.5 Å². The molecule has 2 aromatic heterocycles. The second-order valence-corrected chi connectivity index (χ2v) is 6.60. The van der Waals surface area contributed by atoms with Gasteiger partial charge in [0, 0.05) is 32.9 Å². The van der Waals surface area contributed by atoms with E-state index < -0.39 is 0 Å². The number of halogens is 1. The van der Waals surface area contributed by atoms with Crippen molar-refractivity contribution in [1.29, 1.82) is 0 Å². The van der Waals surface area contributed by atoms with E-state index in [1.54, 1.807) is 42.0 Å². The maximum absolute atomic E-state index is 13.7. The summed E-state index contributed by atoms with van der Waals surface area (Å²) >= 11 is 0. The first kappa shape index (κ1) is 17.4. The standard InChI is InChI=1S/C19H20FN5O2/c1-12-17(23-18(27-12)14-9-22-24(2)11-14)19(26)25-7-6-21-10-16(25)13-4-3-5-15(20)8-13/h3-5,8-9,11,16,21H,6-7,10H2,1-2H3. The number of oxazole rings is 1. The van der Waals surface area contributed by atoms with Crippen molar-refractivity contribution in [2.45, 2.75) is 13.0 Å². The smallest absolute Gasteiger partial charge is 0.276 e. The van der Waals surface area contributed by atoms with Gasteiger partial charge in [-0.15, -0.1) is 0 Å². The van der Waals surface area contributed by atoms with Gasteiger partial charge in [0.1, 0.15) is 11.6 Å². The zero-order valence-electron chi connectivity index (χ0n) is 15.1. The number of hydrogen-bond acceptors (Lipinski definition) is 5. The van der Waals surface area contributed by atoms with E-state index in [4.69, 9.17) is 4.42 Å². The highest BCUT2D eigenvalue weighted by Crippen LogP contribution is 2.27. The van der Waals surface area contributed by atoms with Crippen LogP contribution in [0.25, 0.3) is 11.5 Å². The molecule has 0 saturated carbocycles. The van der Waals surface area contributed by atoms with Crippen LogP contribution in [0.1, 0.15) is 27.9 Å². The summed E-state index contributed by atoms with van der Waals surface area (Å²) in [4.78, 5) is 19.3. The molecule has 4 rings (SSSR count). The van der Waals surface area contributed by atoms with Gasteiger partial charge in [0.15, 0.2) is 5.69 Å². The Morgan fingerprint density at radius 2 is 2.26 bits per heavy atom. The van der Waals surface area contributed by atoms with Gasteiger partial charge in [0.2, 0.25) is 5.89 Å². The molecule has 140 valence electrons. The SMILES string of the molecule is Cc1oc(-c2cnn(C)c2)nc1C(=O)N1CCNCC1c1cccc(F)c1. The van der Waals surface area contributed by atoms with Crippen molar-refractivity contribution in [2.75, 3.05) is 19.6 Å². The molecular weight excluding hydrogens is 349 g/mol. The third kappa shape index (κ3) is 3.35. The van der Waals surface area contributed by atoms with Crippen LogP contribution in [0.2, 0.25) is 0 Å². The predicted octanol–water partition coefficient (Wildman–Crippen LogP) is 2.31. The Morgan fingerprint density at radius 1 is 1.41 bits per heavy atom. The van der Waals surface area contributed by atoms with Crippen molar-refractivity contribution in [3.05, 3.63) is 59.5 Å². The summed E-state index contributed by atoms with van der Waals surface area (Å²) in [5.74, 6) is 0.279. The number of rotatable bonds is 3. The van der Waals surface area contributed by atoms with Gasteiger partial charge in [0.05, 0.1) is 17.8 Å². The van der Waals surface area contributed by atoms with Crippen LogP contribution in [0.5, 0.6) is 0 Å². The average molecular weight is 369 g/mol. The molecule has 27 heavy (non-hydrogen) atoms. The van der Waals surface area contributed by atoms with Crippen molar-refractivity contribution >= 4 is 5.91 Å². The van der Waals surface area contributed by atoms with Crippen LogP contribution in [-0.4, -0.2) is 45.2 Å². The van der Waals surface area contributed by atoms with Crippen molar-refractivity contribution in [1.82, 2.24) is 25.0 Å². The van der Waals surface area contributed by atoms with Crippen molar-refractivity contribution < 1.29 is 13.6 Å². The molecular formula is C19H20FN5O2. The number of nitrogens with one attached hydrogen (secondary N) is 1. The van der Waals surface area contributed by atoms with Gasteiger partial charge in [-0.05, 0) is 24.6 Å². The van der Waals surface area contributed by atoms with E-state index in [0.29, 0.717) is 36.8 Å². The van der Waals surface area contributed by atoms with E-state index in [0.717, 1.165) is 5.56 Å². The van der Waals surface area contributed by atoms with E-state index in [-0.39, 0.29) is 23.5 Å². The van der Waals surface area contributed by atoms with E-state index in [1.165, 1.54) is 12.1 Å². The molecule has 1 fully saturated rings. The molecule has 0 radical (unpaired) electrons. The molecule has 7 nitrogen and oxygen atoms in total. The minimum absolute atomic E-state index is 0.220. The Labute approximate surface area is 155 Å². The molecule has 1 atom stereocenters. The minimum atomic E-state index is -0.318. The van der Waals surface area contributed by atoms with Gasteiger partial charge in [-0.2, -0.15) is 5.10 Å². The summed E-state index contributed by atoms with van der Waals surface area (Å²) in [5, 5.41) is 7.37. The molecule has 1 amide bonds. The molecule has 0 aliphatic carbocycles. The fraction of sp³-hybridized carbons (Fsp3) is 0.316. The van der Waals surface area contributed by atoms with E-state index in [9.17, 15) is 9.18 Å². The Bertz CT molecular complexity index is 980. The minimum Gasteiger partial charge on any atom is -0.440 e. The number of aryl methyl sites for hydroxylation is 2. The Hall–Kier alpha value is -3.00. The lowest BCUT2D eigenvalue weighted by molar-refractivity contribution is 0.0626. The van der Waals surface area contributed by atoms with Crippen molar-refractivity contribution in [2.24, 2.45) is 7.05 Å². The molecule has 1 unspecified atom stereocenters. The molecule has 3 heterocycles. The number of benzene rings is 1. The lowest BCUT2D eigenvalue weighted by atomic mass is 10.0. The summed E-state index contributed by atoms with van der Waals surface area (Å²) in [6.07, 6.45) is 3.42. The van der Waals surface area contributed by atoms with Crippen LogP contribution in [0.15, 0.2) is 41.1 Å². The fourth-order valence-corrected chi connectivity index (χ4v) is 3.35. The molecule has 0 bridgehead atoms. The first-order chi connectivity index (χ1) is 13.0. The van der Waals surface area contributed by atoms with Crippen LogP contribution >= 0.6 is 0 Å². The Morgan fingerprint density at radius 3 is 3.00 bits per heavy atom. The highest BCUT2D eigenvalue weighted by molar-refractivity contribution is 5.94. The molecule has 1 aliphatic rings. The maximum Gasteiger partial charge on any atom is 0.276 e. The highest BCUT2D eigenvalue weighted by Gasteiger charge is 2.32. The van der Waals surface area contributed by atoms with Gasteiger partial charge >= 0.3 is 0 Å². The molecule has 1 aromatic carbocycles. The first-order valence-corrected chi connectivity index (χ1v) is 8.76. The lowest BCUT2D eigenvalue weighted by Crippen LogP contribution is -2.49. The first-order valence-electron chi connectivity index (χ1n) is 8.76. The zero-order valence-corrected chi connectivity index (χ0v) is 15.1. The number of aromatic nitrogens is 3. The number of hydrogen-bond donors (Lipinski definition) is 1. The summed E-state index contributed by atoms with van der Waals surface area (Å²) in [7, 11) is 1.80. The monoisotopic (exact) mass is 369 g/mol. The van der Waals surface area contributed by atoms with Crippen molar-refractivity contribution in [3.63, 3.8) is 0 Å². The number of piperazine rings is 1. The summed E-state index contributed by atoms with van der Waals surface area (Å²) in [5.41, 5.74) is 1.74. The number of carbonyl (C=O) groups excluding carboxylic acids is 1. The normalized spacial score (nSPS) is 17.3. The zero-order chi connectivity index (χ0) is 19.0. The largest absolute Gasteiger partial charge is 0.440 e. The summed E-state index contributed by atoms with van der Waals surface area (Å²) in [6.45, 7) is 3.46. The second-order valence-electron chi connectivity index (χ2n) is 6.60. The Kier molecular flexibility index (Phi) is 4.49. The average Bonchev–Trinajstić information content (AvgIpc) is 3.27. The fourth-order valence-electron chi connectivity index (χ4n) is 3.35. The van der Waals surface area contributed by atoms with E-state index in [2.05, 4.69) is 15.4 Å². The molecule has 0 spiro atoms. The van der Waals surface area contributed by atoms with Crippen LogP contribution < -0.4 is 5.32 Å². The van der Waals surface area contributed by atoms with Gasteiger partial charge in [-0.1, -0.05) is 12.1 Å². The molecule has 8 heteroatoms. The number of amides is 1. The Balaban J connectivity index is 1.65. The van der Waals surface area contributed by atoms with Gasteiger partial charge in [-0.3, -0.25) is 9.48 Å². The van der Waals surface area contributed by atoms with E-state index in [1.807, 2.05) is 6.07 Å². The van der Waals surface area contributed by atoms with Gasteiger partial charge < -0.3 is 14.6 Å². The highest BCUT2D eigenvalue weighted by atomic mass is 19.1. The molecule has 1 saturated heterocycles. The molecule has 3 aromatic rings. The number of carbonyl (C=O) groups is 1. The second kappa shape index (κ2) is 6.96. The number of nitrogens with zero attached hydrogens (tertiary/aromatic N) is 4. The summed E-state index contributed by atoms with van der Waals surface area (Å²) < 4.78 is 21.0. The predicted molar refractivity (Wildman–Crippen MR) is 96.5 cm³/mol. The van der Waals surface area contributed by atoms with Gasteiger partial charge in [-0.25, -0.2) is 9.37 Å². The lowest BCUT2D eigenvalue weighted by Gasteiger charge is -2.36. The topological polar surface area (TPSA) is 76.2 Å². The summed E-state index contributed by atoms with van der Waals surface area (Å²) in [6, 6.07) is 6.09. The molecule has 1 N–H and O–H groups in total. The van der Waals surface area contributed by atoms with Crippen LogP contribution in [-0.2, 0) is 7.05 Å². The maximum atomic E-state index is 13.7.